The number of hydrogen-bond acceptors (Lipinski definition) is 8. The second-order valence-corrected chi connectivity index (χ2v) is 17.0. The van der Waals surface area contributed by atoms with Gasteiger partial charge in [0.05, 0.1) is 14.7 Å². The highest BCUT2D eigenvalue weighted by Crippen LogP contribution is 2.37. The van der Waals surface area contributed by atoms with E-state index in [0.717, 1.165) is 24.9 Å². The van der Waals surface area contributed by atoms with E-state index in [-0.39, 0.29) is 9.79 Å². The van der Waals surface area contributed by atoms with Crippen molar-refractivity contribution in [3.05, 3.63) is 78.9 Å². The standard InChI is InChI=1S/C13H10ClNO4S3.C13H11NO2S2/c1-15-22(18,19)9-3-5-13-11(7-9)10-6-8(21(14,16)17)2-4-12(10)20-13;1-14-18(15,16)9-6-7-13-11(8-9)10-4-2-3-5-12(10)17-13/h2-7,15H,1H3;2-8,14H,1H3. The second kappa shape index (κ2) is 10.7. The van der Waals surface area contributed by atoms with E-state index >= 15 is 0 Å². The molecule has 4 aromatic carbocycles. The Hall–Kier alpha value is -2.62. The van der Waals surface area contributed by atoms with E-state index in [9.17, 15) is 25.3 Å². The van der Waals surface area contributed by atoms with Crippen molar-refractivity contribution in [3.8, 4) is 0 Å². The van der Waals surface area contributed by atoms with Gasteiger partial charge in [-0.3, -0.25) is 0 Å². The first kappa shape index (κ1) is 28.9. The van der Waals surface area contributed by atoms with E-state index in [1.165, 1.54) is 54.4 Å². The Labute approximate surface area is 243 Å². The monoisotopic (exact) mass is 652 g/mol. The minimum Gasteiger partial charge on any atom is -0.214 e. The second-order valence-electron chi connectivity index (χ2n) is 8.53. The Bertz CT molecular complexity index is 2260. The SMILES string of the molecule is CNS(=O)(=O)c1ccc2sc3ccc(S(=O)(=O)Cl)cc3c2c1.CNS(=O)(=O)c1ccc2sc3ccccc3c2c1. The molecule has 0 atom stereocenters. The maximum Gasteiger partial charge on any atom is 0.261 e. The first-order valence-electron chi connectivity index (χ1n) is 11.5. The van der Waals surface area contributed by atoms with Crippen LogP contribution in [0.4, 0.5) is 0 Å². The summed E-state index contributed by atoms with van der Waals surface area (Å²) in [6, 6.07) is 22.6. The number of halogens is 1. The van der Waals surface area contributed by atoms with Crippen molar-refractivity contribution in [3.63, 3.8) is 0 Å². The van der Waals surface area contributed by atoms with E-state index < -0.39 is 29.1 Å². The van der Waals surface area contributed by atoms with Gasteiger partial charge in [-0.2, -0.15) is 0 Å². The summed E-state index contributed by atoms with van der Waals surface area (Å²) in [5, 5.41) is 3.44. The molecular weight excluding hydrogens is 632 g/mol. The Kier molecular flexibility index (Phi) is 7.70. The zero-order chi connectivity index (χ0) is 28.9. The van der Waals surface area contributed by atoms with Crippen molar-refractivity contribution >= 4 is 103 Å². The van der Waals surface area contributed by atoms with Crippen LogP contribution in [0.5, 0.6) is 0 Å². The van der Waals surface area contributed by atoms with Crippen LogP contribution in [0.3, 0.4) is 0 Å². The highest BCUT2D eigenvalue weighted by atomic mass is 35.7. The van der Waals surface area contributed by atoms with Gasteiger partial charge in [0.15, 0.2) is 0 Å². The van der Waals surface area contributed by atoms with Gasteiger partial charge in [-0.25, -0.2) is 34.7 Å². The zero-order valence-electron chi connectivity index (χ0n) is 20.9. The van der Waals surface area contributed by atoms with Gasteiger partial charge >= 0.3 is 0 Å². The molecular formula is C26H21ClN2O6S5. The molecule has 0 unspecified atom stereocenters. The van der Waals surface area contributed by atoms with Crippen LogP contribution in [-0.4, -0.2) is 39.3 Å². The third-order valence-corrected chi connectivity index (χ3v) is 12.7. The molecule has 0 bridgehead atoms. The van der Waals surface area contributed by atoms with Crippen LogP contribution in [0.1, 0.15) is 0 Å². The zero-order valence-corrected chi connectivity index (χ0v) is 25.7. The molecule has 0 saturated heterocycles. The number of fused-ring (bicyclic) bond motifs is 6. The van der Waals surface area contributed by atoms with Crippen LogP contribution in [-0.2, 0) is 29.1 Å². The molecule has 14 heteroatoms. The predicted molar refractivity (Wildman–Crippen MR) is 164 cm³/mol. The summed E-state index contributed by atoms with van der Waals surface area (Å²) < 4.78 is 78.9. The number of nitrogens with one attached hydrogen (secondary N) is 2. The van der Waals surface area contributed by atoms with Gasteiger partial charge in [-0.05, 0) is 74.8 Å². The first-order valence-corrected chi connectivity index (χ1v) is 18.4. The quantitative estimate of drug-likeness (QED) is 0.225. The molecule has 0 aliphatic rings. The maximum absolute atomic E-state index is 11.9. The molecule has 6 aromatic rings. The molecule has 0 amide bonds. The lowest BCUT2D eigenvalue weighted by Crippen LogP contribution is -2.18. The van der Waals surface area contributed by atoms with Crippen LogP contribution >= 0.6 is 33.4 Å². The minimum absolute atomic E-state index is 0.0109. The van der Waals surface area contributed by atoms with Crippen molar-refractivity contribution in [1.82, 2.24) is 9.44 Å². The fraction of sp³-hybridized carbons (Fsp3) is 0.0769. The largest absolute Gasteiger partial charge is 0.261 e. The van der Waals surface area contributed by atoms with E-state index in [2.05, 4.69) is 9.44 Å². The van der Waals surface area contributed by atoms with Crippen LogP contribution < -0.4 is 9.44 Å². The van der Waals surface area contributed by atoms with E-state index in [0.29, 0.717) is 15.7 Å². The fourth-order valence-electron chi connectivity index (χ4n) is 4.16. The minimum atomic E-state index is -3.84. The average Bonchev–Trinajstić information content (AvgIpc) is 3.50. The van der Waals surface area contributed by atoms with Gasteiger partial charge in [-0.15, -0.1) is 22.7 Å². The number of benzene rings is 4. The summed E-state index contributed by atoms with van der Waals surface area (Å²) in [6.07, 6.45) is 0. The number of sulfonamides is 2. The van der Waals surface area contributed by atoms with E-state index in [1.807, 2.05) is 30.3 Å². The Balaban J connectivity index is 0.000000164. The molecule has 208 valence electrons. The summed E-state index contributed by atoms with van der Waals surface area (Å²) in [4.78, 5) is 0.422. The summed E-state index contributed by atoms with van der Waals surface area (Å²) in [5.41, 5.74) is 0. The molecule has 2 heterocycles. The summed E-state index contributed by atoms with van der Waals surface area (Å²) in [5.74, 6) is 0. The van der Waals surface area contributed by atoms with Gasteiger partial charge in [-0.1, -0.05) is 18.2 Å². The molecule has 0 fully saturated rings. The lowest BCUT2D eigenvalue weighted by molar-refractivity contribution is 0.586. The number of thiophene rings is 2. The van der Waals surface area contributed by atoms with Gasteiger partial charge in [0.1, 0.15) is 0 Å². The lowest BCUT2D eigenvalue weighted by Gasteiger charge is -2.02. The predicted octanol–water partition coefficient (Wildman–Crippen LogP) is 5.85. The van der Waals surface area contributed by atoms with Crippen molar-refractivity contribution in [2.45, 2.75) is 14.7 Å². The van der Waals surface area contributed by atoms with Crippen molar-refractivity contribution in [2.75, 3.05) is 14.1 Å². The van der Waals surface area contributed by atoms with Crippen molar-refractivity contribution in [1.29, 1.82) is 0 Å². The lowest BCUT2D eigenvalue weighted by atomic mass is 10.1. The van der Waals surface area contributed by atoms with Crippen molar-refractivity contribution < 1.29 is 25.3 Å². The summed E-state index contributed by atoms with van der Waals surface area (Å²) in [6.45, 7) is 0. The molecule has 2 aromatic heterocycles. The average molecular weight is 653 g/mol. The van der Waals surface area contributed by atoms with Crippen LogP contribution in [0.2, 0.25) is 0 Å². The fourth-order valence-corrected chi connectivity index (χ4v) is 8.60. The maximum atomic E-state index is 11.9. The number of hydrogen-bond donors (Lipinski definition) is 2. The Morgan fingerprint density at radius 2 is 0.900 bits per heavy atom. The van der Waals surface area contributed by atoms with Crippen LogP contribution in [0, 0.1) is 0 Å². The van der Waals surface area contributed by atoms with Crippen LogP contribution in [0.15, 0.2) is 93.5 Å². The van der Waals surface area contributed by atoms with Crippen molar-refractivity contribution in [2.24, 2.45) is 0 Å². The molecule has 2 N–H and O–H groups in total. The van der Waals surface area contributed by atoms with E-state index in [4.69, 9.17) is 10.7 Å². The molecule has 0 radical (unpaired) electrons. The van der Waals surface area contributed by atoms with E-state index in [1.54, 1.807) is 35.6 Å². The molecule has 6 rings (SSSR count). The van der Waals surface area contributed by atoms with Crippen LogP contribution in [0.25, 0.3) is 40.3 Å². The number of rotatable bonds is 5. The highest BCUT2D eigenvalue weighted by Gasteiger charge is 2.17. The van der Waals surface area contributed by atoms with Gasteiger partial charge in [0, 0.05) is 51.0 Å². The molecule has 0 spiro atoms. The molecule has 40 heavy (non-hydrogen) atoms. The third-order valence-electron chi connectivity index (χ3n) is 6.20. The molecule has 0 aliphatic heterocycles. The van der Waals surface area contributed by atoms with Gasteiger partial charge in [0.2, 0.25) is 20.0 Å². The highest BCUT2D eigenvalue weighted by molar-refractivity contribution is 8.13. The normalized spacial score (nSPS) is 12.7. The first-order chi connectivity index (χ1) is 18.8. The summed E-state index contributed by atoms with van der Waals surface area (Å²) in [7, 11) is -2.65. The topological polar surface area (TPSA) is 126 Å². The Morgan fingerprint density at radius 1 is 0.525 bits per heavy atom. The van der Waals surface area contributed by atoms with Gasteiger partial charge in [0.25, 0.3) is 9.05 Å². The molecule has 0 aliphatic carbocycles. The summed E-state index contributed by atoms with van der Waals surface area (Å²) >= 11 is 3.13. The Morgan fingerprint density at radius 3 is 1.35 bits per heavy atom. The van der Waals surface area contributed by atoms with Gasteiger partial charge < -0.3 is 0 Å². The third kappa shape index (κ3) is 5.48. The molecule has 0 saturated carbocycles. The molecule has 8 nitrogen and oxygen atoms in total. The smallest absolute Gasteiger partial charge is 0.214 e.